The van der Waals surface area contributed by atoms with E-state index < -0.39 is 0 Å². The molecule has 0 aromatic carbocycles. The minimum atomic E-state index is -0.184. The molecule has 86 valence electrons. The minimum absolute atomic E-state index is 0.184. The van der Waals surface area contributed by atoms with Crippen LogP contribution in [0.25, 0.3) is 0 Å². The summed E-state index contributed by atoms with van der Waals surface area (Å²) in [4.78, 5) is 14.7. The van der Waals surface area contributed by atoms with E-state index in [2.05, 4.69) is 10.2 Å². The van der Waals surface area contributed by atoms with Gasteiger partial charge in [-0.05, 0) is 19.4 Å². The van der Waals surface area contributed by atoms with E-state index in [0.717, 1.165) is 26.2 Å². The molecule has 3 heteroatoms. The first-order chi connectivity index (χ1) is 7.00. The van der Waals surface area contributed by atoms with E-state index in [0.29, 0.717) is 11.8 Å². The minimum Gasteiger partial charge on any atom is -0.303 e. The Kier molecular flexibility index (Phi) is 2.86. The predicted octanol–water partition coefficient (Wildman–Crippen LogP) is 1.24. The molecule has 2 aliphatic heterocycles. The van der Waals surface area contributed by atoms with E-state index in [1.54, 1.807) is 0 Å². The zero-order valence-corrected chi connectivity index (χ0v) is 10.0. The SMILES string of the molecule is CC(C)(C)C(=O)C1CCCN2CNCC12. The van der Waals surface area contributed by atoms with Crippen molar-refractivity contribution in [2.24, 2.45) is 11.3 Å². The normalized spacial score (nSPS) is 32.7. The van der Waals surface area contributed by atoms with E-state index in [-0.39, 0.29) is 11.3 Å². The van der Waals surface area contributed by atoms with Crippen LogP contribution < -0.4 is 5.32 Å². The smallest absolute Gasteiger partial charge is 0.142 e. The molecule has 0 radical (unpaired) electrons. The van der Waals surface area contributed by atoms with Crippen molar-refractivity contribution in [3.05, 3.63) is 0 Å². The lowest BCUT2D eigenvalue weighted by atomic mass is 9.76. The number of piperidine rings is 1. The fourth-order valence-corrected chi connectivity index (χ4v) is 2.81. The first-order valence-electron chi connectivity index (χ1n) is 5.99. The van der Waals surface area contributed by atoms with Crippen molar-refractivity contribution in [2.75, 3.05) is 19.8 Å². The lowest BCUT2D eigenvalue weighted by Gasteiger charge is -2.37. The lowest BCUT2D eigenvalue weighted by molar-refractivity contribution is -0.133. The maximum atomic E-state index is 12.3. The average Bonchev–Trinajstić information content (AvgIpc) is 2.62. The van der Waals surface area contributed by atoms with Crippen LogP contribution in [0.2, 0.25) is 0 Å². The molecule has 2 heterocycles. The molecule has 2 fully saturated rings. The molecule has 0 amide bonds. The molecule has 0 aromatic heterocycles. The van der Waals surface area contributed by atoms with Crippen LogP contribution in [0.5, 0.6) is 0 Å². The Balaban J connectivity index is 2.11. The van der Waals surface area contributed by atoms with Gasteiger partial charge >= 0.3 is 0 Å². The molecular formula is C12H22N2O. The number of nitrogens with one attached hydrogen (secondary N) is 1. The highest BCUT2D eigenvalue weighted by molar-refractivity contribution is 5.86. The van der Waals surface area contributed by atoms with Gasteiger partial charge in [-0.25, -0.2) is 0 Å². The van der Waals surface area contributed by atoms with Crippen molar-refractivity contribution >= 4 is 5.78 Å². The Morgan fingerprint density at radius 1 is 1.40 bits per heavy atom. The van der Waals surface area contributed by atoms with Gasteiger partial charge in [0.05, 0.1) is 0 Å². The van der Waals surface area contributed by atoms with E-state index in [1.807, 2.05) is 20.8 Å². The highest BCUT2D eigenvalue weighted by Gasteiger charge is 2.41. The van der Waals surface area contributed by atoms with Crippen molar-refractivity contribution in [2.45, 2.75) is 39.7 Å². The van der Waals surface area contributed by atoms with Crippen LogP contribution in [0.15, 0.2) is 0 Å². The van der Waals surface area contributed by atoms with E-state index in [9.17, 15) is 4.79 Å². The summed E-state index contributed by atoms with van der Waals surface area (Å²) in [5, 5.41) is 3.37. The maximum absolute atomic E-state index is 12.3. The molecule has 2 unspecified atom stereocenters. The topological polar surface area (TPSA) is 32.3 Å². The summed E-state index contributed by atoms with van der Waals surface area (Å²) in [7, 11) is 0. The molecule has 15 heavy (non-hydrogen) atoms. The number of nitrogens with zero attached hydrogens (tertiary/aromatic N) is 1. The highest BCUT2D eigenvalue weighted by Crippen LogP contribution is 2.32. The quantitative estimate of drug-likeness (QED) is 0.707. The monoisotopic (exact) mass is 210 g/mol. The number of hydrogen-bond acceptors (Lipinski definition) is 3. The summed E-state index contributed by atoms with van der Waals surface area (Å²) in [6, 6.07) is 0.463. The molecule has 2 saturated heterocycles. The number of carbonyl (C=O) groups is 1. The molecule has 2 atom stereocenters. The van der Waals surface area contributed by atoms with Gasteiger partial charge in [-0.2, -0.15) is 0 Å². The maximum Gasteiger partial charge on any atom is 0.142 e. The Morgan fingerprint density at radius 3 is 2.80 bits per heavy atom. The Hall–Kier alpha value is -0.410. The van der Waals surface area contributed by atoms with Gasteiger partial charge < -0.3 is 5.32 Å². The molecular weight excluding hydrogens is 188 g/mol. The van der Waals surface area contributed by atoms with Gasteiger partial charge in [0, 0.05) is 30.6 Å². The third-order valence-electron chi connectivity index (χ3n) is 3.64. The summed E-state index contributed by atoms with van der Waals surface area (Å²) >= 11 is 0. The van der Waals surface area contributed by atoms with Gasteiger partial charge in [-0.15, -0.1) is 0 Å². The van der Waals surface area contributed by atoms with Crippen molar-refractivity contribution < 1.29 is 4.79 Å². The van der Waals surface area contributed by atoms with E-state index in [1.165, 1.54) is 6.42 Å². The van der Waals surface area contributed by atoms with Crippen molar-refractivity contribution in [1.29, 1.82) is 0 Å². The van der Waals surface area contributed by atoms with Gasteiger partial charge in [-0.1, -0.05) is 20.8 Å². The Labute approximate surface area is 92.2 Å². The fourth-order valence-electron chi connectivity index (χ4n) is 2.81. The third kappa shape index (κ3) is 2.08. The zero-order chi connectivity index (χ0) is 11.1. The number of hydrogen-bond donors (Lipinski definition) is 1. The number of fused-ring (bicyclic) bond motifs is 1. The summed E-state index contributed by atoms with van der Waals surface area (Å²) in [5.74, 6) is 0.703. The van der Waals surface area contributed by atoms with Crippen molar-refractivity contribution in [3.8, 4) is 0 Å². The zero-order valence-electron chi connectivity index (χ0n) is 10.0. The molecule has 0 bridgehead atoms. The summed E-state index contributed by atoms with van der Waals surface area (Å²) < 4.78 is 0. The fraction of sp³-hybridized carbons (Fsp3) is 0.917. The third-order valence-corrected chi connectivity index (χ3v) is 3.64. The van der Waals surface area contributed by atoms with E-state index in [4.69, 9.17) is 0 Å². The number of Topliss-reactive ketones (excluding diaryl/α,β-unsaturated/α-hetero) is 1. The number of rotatable bonds is 1. The number of ketones is 1. The van der Waals surface area contributed by atoms with Gasteiger partial charge in [0.2, 0.25) is 0 Å². The second kappa shape index (κ2) is 3.87. The molecule has 1 N–H and O–H groups in total. The molecule has 0 aliphatic carbocycles. The first-order valence-corrected chi connectivity index (χ1v) is 5.99. The van der Waals surface area contributed by atoms with Gasteiger partial charge in [0.15, 0.2) is 0 Å². The van der Waals surface area contributed by atoms with Crippen molar-refractivity contribution in [1.82, 2.24) is 10.2 Å². The predicted molar refractivity (Wildman–Crippen MR) is 60.5 cm³/mol. The molecule has 2 aliphatic rings. The highest BCUT2D eigenvalue weighted by atomic mass is 16.1. The summed E-state index contributed by atoms with van der Waals surface area (Å²) in [6.45, 7) is 9.24. The first kappa shape index (κ1) is 11.1. The average molecular weight is 210 g/mol. The van der Waals surface area contributed by atoms with Crippen LogP contribution in [0.3, 0.4) is 0 Å². The van der Waals surface area contributed by atoms with Crippen LogP contribution in [0, 0.1) is 11.3 Å². The Bertz CT molecular complexity index is 257. The molecule has 0 aromatic rings. The largest absolute Gasteiger partial charge is 0.303 e. The Morgan fingerprint density at radius 2 is 2.13 bits per heavy atom. The summed E-state index contributed by atoms with van der Waals surface area (Å²) in [5.41, 5.74) is -0.184. The standard InChI is InChI=1S/C12H22N2O/c1-12(2,3)11(15)9-5-4-6-14-8-13-7-10(9)14/h9-10,13H,4-8H2,1-3H3. The van der Waals surface area contributed by atoms with Crippen molar-refractivity contribution in [3.63, 3.8) is 0 Å². The van der Waals surface area contributed by atoms with Gasteiger partial charge in [0.1, 0.15) is 5.78 Å². The molecule has 2 rings (SSSR count). The van der Waals surface area contributed by atoms with Gasteiger partial charge in [0.25, 0.3) is 0 Å². The van der Waals surface area contributed by atoms with Crippen LogP contribution in [0.1, 0.15) is 33.6 Å². The van der Waals surface area contributed by atoms with Gasteiger partial charge in [-0.3, -0.25) is 9.69 Å². The number of carbonyl (C=O) groups excluding carboxylic acids is 1. The second-order valence-electron chi connectivity index (χ2n) is 5.85. The summed E-state index contributed by atoms with van der Waals surface area (Å²) in [6.07, 6.45) is 2.25. The molecule has 0 spiro atoms. The van der Waals surface area contributed by atoms with Crippen LogP contribution >= 0.6 is 0 Å². The molecule has 0 saturated carbocycles. The van der Waals surface area contributed by atoms with Crippen LogP contribution in [-0.4, -0.2) is 36.5 Å². The van der Waals surface area contributed by atoms with Crippen LogP contribution in [-0.2, 0) is 4.79 Å². The van der Waals surface area contributed by atoms with E-state index >= 15 is 0 Å². The molecule has 3 nitrogen and oxygen atoms in total. The lowest BCUT2D eigenvalue weighted by Crippen LogP contribution is -2.48. The second-order valence-corrected chi connectivity index (χ2v) is 5.85. The van der Waals surface area contributed by atoms with Crippen LogP contribution in [0.4, 0.5) is 0 Å².